The zero-order chi connectivity index (χ0) is 23.1. The molecule has 33 heavy (non-hydrogen) atoms. The maximum Gasteiger partial charge on any atom is 0.349 e. The third-order valence-electron chi connectivity index (χ3n) is 6.13. The van der Waals surface area contributed by atoms with Crippen LogP contribution < -0.4 is 15.7 Å². The monoisotopic (exact) mass is 440 g/mol. The van der Waals surface area contributed by atoms with E-state index in [-0.39, 0.29) is 17.4 Å². The third-order valence-corrected chi connectivity index (χ3v) is 6.13. The summed E-state index contributed by atoms with van der Waals surface area (Å²) in [7, 11) is 1.63. The summed E-state index contributed by atoms with van der Waals surface area (Å²) in [6.45, 7) is 3.74. The normalized spacial score (nSPS) is 15.4. The fourth-order valence-electron chi connectivity index (χ4n) is 4.34. The van der Waals surface area contributed by atoms with Crippen molar-refractivity contribution in [2.75, 3.05) is 12.4 Å². The predicted molar refractivity (Wildman–Crippen MR) is 130 cm³/mol. The highest BCUT2D eigenvalue weighted by molar-refractivity contribution is 6.09. The molecular weight excluding hydrogens is 416 g/mol. The molecule has 0 fully saturated rings. The first kappa shape index (κ1) is 20.8. The van der Waals surface area contributed by atoms with Crippen LogP contribution in [-0.4, -0.2) is 17.9 Å². The number of ether oxygens (including phenoxy) is 1. The Balaban J connectivity index is 1.71. The van der Waals surface area contributed by atoms with Crippen molar-refractivity contribution < 1.29 is 14.3 Å². The molecule has 6 nitrogen and oxygen atoms in total. The van der Waals surface area contributed by atoms with Gasteiger partial charge in [-0.1, -0.05) is 36.4 Å². The van der Waals surface area contributed by atoms with Crippen LogP contribution in [0.15, 0.2) is 74.9 Å². The minimum absolute atomic E-state index is 0.0888. The lowest BCUT2D eigenvalue weighted by Crippen LogP contribution is -2.20. The Morgan fingerprint density at radius 3 is 2.52 bits per heavy atom. The van der Waals surface area contributed by atoms with Gasteiger partial charge in [0, 0.05) is 6.42 Å². The van der Waals surface area contributed by atoms with E-state index in [2.05, 4.69) is 5.32 Å². The van der Waals surface area contributed by atoms with E-state index in [1.807, 2.05) is 74.5 Å². The van der Waals surface area contributed by atoms with E-state index in [1.165, 1.54) is 0 Å². The van der Waals surface area contributed by atoms with Crippen molar-refractivity contribution in [2.45, 2.75) is 26.3 Å². The number of nitrogens with one attached hydrogen (secondary N) is 1. The average molecular weight is 440 g/mol. The summed E-state index contributed by atoms with van der Waals surface area (Å²) in [5.74, 6) is 0.675. The van der Waals surface area contributed by atoms with Crippen molar-refractivity contribution in [1.29, 1.82) is 0 Å². The van der Waals surface area contributed by atoms with Crippen molar-refractivity contribution in [3.05, 3.63) is 93.3 Å². The summed E-state index contributed by atoms with van der Waals surface area (Å²) >= 11 is 0. The predicted octanol–water partition coefficient (Wildman–Crippen LogP) is 5.80. The molecule has 0 spiro atoms. The van der Waals surface area contributed by atoms with Crippen molar-refractivity contribution in [2.24, 2.45) is 4.99 Å². The van der Waals surface area contributed by atoms with Gasteiger partial charge >= 0.3 is 5.63 Å². The molecule has 2 N–H and O–H groups in total. The lowest BCUT2D eigenvalue weighted by molar-refractivity contribution is 0.414. The van der Waals surface area contributed by atoms with E-state index in [4.69, 9.17) is 14.1 Å². The SMILES string of the molecule is COc1ccc(C2CC(c3c(O)c4c(C)ccc(C)c4oc3=O)=Nc3ccccc3N2)cc1. The van der Waals surface area contributed by atoms with E-state index < -0.39 is 5.63 Å². The third kappa shape index (κ3) is 3.63. The zero-order valence-corrected chi connectivity index (χ0v) is 18.7. The number of para-hydroxylation sites is 2. The van der Waals surface area contributed by atoms with Gasteiger partial charge in [-0.25, -0.2) is 4.79 Å². The number of aliphatic imine (C=N–C) groups is 1. The van der Waals surface area contributed by atoms with Crippen LogP contribution >= 0.6 is 0 Å². The molecule has 6 heteroatoms. The summed E-state index contributed by atoms with van der Waals surface area (Å²) in [6, 6.07) is 19.1. The minimum Gasteiger partial charge on any atom is -0.506 e. The number of hydrogen-bond donors (Lipinski definition) is 2. The fourth-order valence-corrected chi connectivity index (χ4v) is 4.34. The summed E-state index contributed by atoms with van der Waals surface area (Å²) in [4.78, 5) is 17.9. The first-order valence-electron chi connectivity index (χ1n) is 10.8. The molecule has 1 unspecified atom stereocenters. The summed E-state index contributed by atoms with van der Waals surface area (Å²) in [6.07, 6.45) is 0.385. The molecule has 0 bridgehead atoms. The van der Waals surface area contributed by atoms with Crippen LogP contribution in [0.4, 0.5) is 11.4 Å². The molecule has 5 rings (SSSR count). The Labute approximate surface area is 191 Å². The minimum atomic E-state index is -0.597. The van der Waals surface area contributed by atoms with E-state index in [9.17, 15) is 9.90 Å². The van der Waals surface area contributed by atoms with Crippen molar-refractivity contribution in [3.8, 4) is 11.5 Å². The van der Waals surface area contributed by atoms with Crippen LogP contribution in [0, 0.1) is 13.8 Å². The van der Waals surface area contributed by atoms with Crippen molar-refractivity contribution in [3.63, 3.8) is 0 Å². The zero-order valence-electron chi connectivity index (χ0n) is 18.7. The molecule has 0 aliphatic carbocycles. The van der Waals surface area contributed by atoms with E-state index in [0.717, 1.165) is 28.1 Å². The number of nitrogens with zero attached hydrogens (tertiary/aromatic N) is 1. The highest BCUT2D eigenvalue weighted by atomic mass is 16.5. The Kier molecular flexibility index (Phi) is 5.13. The average Bonchev–Trinajstić information content (AvgIpc) is 3.01. The van der Waals surface area contributed by atoms with Crippen LogP contribution in [0.25, 0.3) is 11.0 Å². The number of fused-ring (bicyclic) bond motifs is 2. The highest BCUT2D eigenvalue weighted by Gasteiger charge is 2.27. The Bertz CT molecular complexity index is 1450. The second-order valence-corrected chi connectivity index (χ2v) is 8.27. The second kappa shape index (κ2) is 8.13. The van der Waals surface area contributed by atoms with Gasteiger partial charge in [0.05, 0.1) is 35.6 Å². The van der Waals surface area contributed by atoms with Gasteiger partial charge in [-0.3, -0.25) is 4.99 Å². The van der Waals surface area contributed by atoms with Gasteiger partial charge in [0.1, 0.15) is 22.6 Å². The fraction of sp³-hybridized carbons (Fsp3) is 0.185. The van der Waals surface area contributed by atoms with Crippen LogP contribution in [0.1, 0.15) is 34.7 Å². The molecule has 1 aromatic heterocycles. The van der Waals surface area contributed by atoms with Crippen LogP contribution in [0.5, 0.6) is 11.5 Å². The molecule has 3 aromatic carbocycles. The second-order valence-electron chi connectivity index (χ2n) is 8.27. The largest absolute Gasteiger partial charge is 0.506 e. The van der Waals surface area contributed by atoms with Gasteiger partial charge < -0.3 is 19.6 Å². The molecule has 1 aliphatic heterocycles. The summed E-state index contributed by atoms with van der Waals surface area (Å²) in [5, 5.41) is 15.4. The lowest BCUT2D eigenvalue weighted by atomic mass is 9.95. The van der Waals surface area contributed by atoms with E-state index in [0.29, 0.717) is 28.8 Å². The van der Waals surface area contributed by atoms with Gasteiger partial charge in [-0.05, 0) is 54.8 Å². The first-order chi connectivity index (χ1) is 16.0. The molecule has 0 amide bonds. The number of anilines is 1. The number of hydrogen-bond acceptors (Lipinski definition) is 6. The van der Waals surface area contributed by atoms with Crippen LogP contribution in [-0.2, 0) is 0 Å². The smallest absolute Gasteiger partial charge is 0.349 e. The summed E-state index contributed by atoms with van der Waals surface area (Å²) in [5.41, 5.74) is 4.57. The lowest BCUT2D eigenvalue weighted by Gasteiger charge is -2.20. The Morgan fingerprint density at radius 1 is 1.03 bits per heavy atom. The van der Waals surface area contributed by atoms with Gasteiger partial charge in [0.2, 0.25) is 0 Å². The first-order valence-corrected chi connectivity index (χ1v) is 10.8. The number of aromatic hydroxyl groups is 1. The topological polar surface area (TPSA) is 84.1 Å². The van der Waals surface area contributed by atoms with Crippen LogP contribution in [0.2, 0.25) is 0 Å². The standard InChI is InChI=1S/C27H24N2O4/c1-15-8-9-16(2)26-23(15)25(30)24(27(31)33-26)22-14-21(17-10-12-18(32-3)13-11-17)28-19-6-4-5-7-20(19)29-22/h4-13,21,28,30H,14H2,1-3H3. The number of rotatable bonds is 3. The molecule has 0 saturated heterocycles. The molecule has 2 heterocycles. The number of methoxy groups -OCH3 is 1. The quantitative estimate of drug-likeness (QED) is 0.393. The van der Waals surface area contributed by atoms with E-state index >= 15 is 0 Å². The summed E-state index contributed by atoms with van der Waals surface area (Å²) < 4.78 is 11.0. The number of aryl methyl sites for hydroxylation is 2. The van der Waals surface area contributed by atoms with Gasteiger partial charge in [0.15, 0.2) is 0 Å². The molecule has 1 aliphatic rings. The molecule has 0 radical (unpaired) electrons. The Morgan fingerprint density at radius 2 is 1.76 bits per heavy atom. The molecule has 0 saturated carbocycles. The van der Waals surface area contributed by atoms with Crippen molar-refractivity contribution >= 4 is 28.1 Å². The van der Waals surface area contributed by atoms with Gasteiger partial charge in [-0.2, -0.15) is 0 Å². The van der Waals surface area contributed by atoms with E-state index in [1.54, 1.807) is 7.11 Å². The number of benzene rings is 3. The molecule has 4 aromatic rings. The molecular formula is C27H24N2O4. The Hall–Kier alpha value is -4.06. The maximum absolute atomic E-state index is 13.1. The maximum atomic E-state index is 13.1. The molecule has 1 atom stereocenters. The molecule has 166 valence electrons. The van der Waals surface area contributed by atoms with Crippen molar-refractivity contribution in [1.82, 2.24) is 0 Å². The van der Waals surface area contributed by atoms with Crippen LogP contribution in [0.3, 0.4) is 0 Å². The van der Waals surface area contributed by atoms with Gasteiger partial charge in [0.25, 0.3) is 0 Å². The highest BCUT2D eigenvalue weighted by Crippen LogP contribution is 2.38. The van der Waals surface area contributed by atoms with Gasteiger partial charge in [-0.15, -0.1) is 0 Å².